The normalized spacial score (nSPS) is 19.1. The molecule has 0 spiro atoms. The molecule has 1 fully saturated rings. The Morgan fingerprint density at radius 2 is 1.81 bits per heavy atom. The molecule has 2 atom stereocenters. The maximum Gasteiger partial charge on any atom is 0.162 e. The van der Waals surface area contributed by atoms with E-state index in [9.17, 15) is 0 Å². The van der Waals surface area contributed by atoms with E-state index in [1.54, 1.807) is 13.2 Å². The van der Waals surface area contributed by atoms with Crippen LogP contribution in [0.1, 0.15) is 25.5 Å². The van der Waals surface area contributed by atoms with Crippen LogP contribution in [0.2, 0.25) is 10.0 Å². The van der Waals surface area contributed by atoms with E-state index in [0.29, 0.717) is 34.2 Å². The molecule has 0 aromatic heterocycles. The summed E-state index contributed by atoms with van der Waals surface area (Å²) in [7, 11) is 1.63. The summed E-state index contributed by atoms with van der Waals surface area (Å²) < 4.78 is 18.0. The third-order valence-electron chi connectivity index (χ3n) is 4.79. The SMILES string of the molecule is COc1ccccc1OC(c1ccc(Cl)c(Cl)c1)C1CN(C(C)C)CCO1. The second-order valence-corrected chi connectivity index (χ2v) is 7.68. The summed E-state index contributed by atoms with van der Waals surface area (Å²) in [4.78, 5) is 2.39. The predicted octanol–water partition coefficient (Wildman–Crippen LogP) is 5.23. The van der Waals surface area contributed by atoms with Crippen molar-refractivity contribution in [2.45, 2.75) is 32.1 Å². The monoisotopic (exact) mass is 409 g/mol. The Morgan fingerprint density at radius 1 is 1.07 bits per heavy atom. The molecule has 1 heterocycles. The number of benzene rings is 2. The van der Waals surface area contributed by atoms with Crippen molar-refractivity contribution in [2.75, 3.05) is 26.8 Å². The summed E-state index contributed by atoms with van der Waals surface area (Å²) >= 11 is 12.4. The third kappa shape index (κ3) is 4.88. The molecule has 0 N–H and O–H groups in total. The van der Waals surface area contributed by atoms with Gasteiger partial charge in [0.05, 0.1) is 23.8 Å². The lowest BCUT2D eigenvalue weighted by atomic mass is 10.0. The molecule has 0 aliphatic carbocycles. The van der Waals surface area contributed by atoms with Gasteiger partial charge in [-0.3, -0.25) is 4.90 Å². The molecule has 0 amide bonds. The Bertz CT molecular complexity index is 769. The smallest absolute Gasteiger partial charge is 0.162 e. The van der Waals surface area contributed by atoms with Crippen molar-refractivity contribution in [1.29, 1.82) is 0 Å². The van der Waals surface area contributed by atoms with Crippen LogP contribution >= 0.6 is 23.2 Å². The van der Waals surface area contributed by atoms with Gasteiger partial charge in [-0.15, -0.1) is 0 Å². The minimum atomic E-state index is -0.336. The molecule has 2 aromatic carbocycles. The first-order valence-corrected chi connectivity index (χ1v) is 9.85. The number of rotatable bonds is 6. The molecule has 0 bridgehead atoms. The number of nitrogens with zero attached hydrogens (tertiary/aromatic N) is 1. The summed E-state index contributed by atoms with van der Waals surface area (Å²) in [5.41, 5.74) is 0.922. The van der Waals surface area contributed by atoms with Crippen molar-refractivity contribution in [2.24, 2.45) is 0 Å². The number of hydrogen-bond acceptors (Lipinski definition) is 4. The van der Waals surface area contributed by atoms with Crippen molar-refractivity contribution in [1.82, 2.24) is 4.90 Å². The highest BCUT2D eigenvalue weighted by Crippen LogP contribution is 2.36. The van der Waals surface area contributed by atoms with Gasteiger partial charge < -0.3 is 14.2 Å². The van der Waals surface area contributed by atoms with Crippen molar-refractivity contribution >= 4 is 23.2 Å². The van der Waals surface area contributed by atoms with Crippen LogP contribution in [0.3, 0.4) is 0 Å². The average Bonchev–Trinajstić information content (AvgIpc) is 2.68. The number of morpholine rings is 1. The molecular formula is C21H25Cl2NO3. The number of halogens is 2. The number of para-hydroxylation sites is 2. The van der Waals surface area contributed by atoms with Crippen molar-refractivity contribution in [3.8, 4) is 11.5 Å². The van der Waals surface area contributed by atoms with Crippen LogP contribution in [0, 0.1) is 0 Å². The fourth-order valence-corrected chi connectivity index (χ4v) is 3.56. The van der Waals surface area contributed by atoms with E-state index in [-0.39, 0.29) is 12.2 Å². The van der Waals surface area contributed by atoms with E-state index >= 15 is 0 Å². The highest BCUT2D eigenvalue weighted by molar-refractivity contribution is 6.42. The molecule has 1 saturated heterocycles. The first-order chi connectivity index (χ1) is 13.0. The van der Waals surface area contributed by atoms with E-state index in [2.05, 4.69) is 18.7 Å². The van der Waals surface area contributed by atoms with Crippen LogP contribution < -0.4 is 9.47 Å². The van der Waals surface area contributed by atoms with Gasteiger partial charge in [0.2, 0.25) is 0 Å². The van der Waals surface area contributed by atoms with Crippen molar-refractivity contribution < 1.29 is 14.2 Å². The zero-order valence-corrected chi connectivity index (χ0v) is 17.3. The van der Waals surface area contributed by atoms with Crippen molar-refractivity contribution in [3.63, 3.8) is 0 Å². The maximum absolute atomic E-state index is 6.41. The molecule has 2 unspecified atom stereocenters. The summed E-state index contributed by atoms with van der Waals surface area (Å²) in [6.45, 7) is 6.74. The predicted molar refractivity (Wildman–Crippen MR) is 109 cm³/mol. The Labute approximate surface area is 170 Å². The van der Waals surface area contributed by atoms with Crippen LogP contribution in [0.4, 0.5) is 0 Å². The summed E-state index contributed by atoms with van der Waals surface area (Å²) in [6.07, 6.45) is -0.471. The van der Waals surface area contributed by atoms with Gasteiger partial charge in [-0.1, -0.05) is 41.4 Å². The number of ether oxygens (including phenoxy) is 3. The minimum absolute atomic E-state index is 0.136. The van der Waals surface area contributed by atoms with Crippen LogP contribution in [-0.4, -0.2) is 43.9 Å². The number of methoxy groups -OCH3 is 1. The quantitative estimate of drug-likeness (QED) is 0.653. The molecule has 1 aliphatic rings. The molecule has 1 aliphatic heterocycles. The summed E-state index contributed by atoms with van der Waals surface area (Å²) in [6, 6.07) is 13.6. The molecule has 3 rings (SSSR count). The molecule has 0 radical (unpaired) electrons. The fourth-order valence-electron chi connectivity index (χ4n) is 3.25. The zero-order valence-electron chi connectivity index (χ0n) is 15.8. The van der Waals surface area contributed by atoms with Crippen LogP contribution in [0.15, 0.2) is 42.5 Å². The molecule has 2 aromatic rings. The van der Waals surface area contributed by atoms with E-state index < -0.39 is 0 Å². The summed E-state index contributed by atoms with van der Waals surface area (Å²) in [5, 5.41) is 1.02. The Morgan fingerprint density at radius 3 is 2.48 bits per heavy atom. The Kier molecular flexibility index (Phi) is 6.88. The molecular weight excluding hydrogens is 385 g/mol. The first kappa shape index (κ1) is 20.3. The second kappa shape index (κ2) is 9.16. The fraction of sp³-hybridized carbons (Fsp3) is 0.429. The number of hydrogen-bond donors (Lipinski definition) is 0. The Hall–Kier alpha value is -1.46. The topological polar surface area (TPSA) is 30.9 Å². The lowest BCUT2D eigenvalue weighted by Crippen LogP contribution is -2.48. The molecule has 146 valence electrons. The average molecular weight is 410 g/mol. The van der Waals surface area contributed by atoms with E-state index in [1.165, 1.54) is 0 Å². The van der Waals surface area contributed by atoms with Crippen LogP contribution in [0.5, 0.6) is 11.5 Å². The largest absolute Gasteiger partial charge is 0.493 e. The van der Waals surface area contributed by atoms with Gasteiger partial charge in [0.25, 0.3) is 0 Å². The van der Waals surface area contributed by atoms with Gasteiger partial charge in [0, 0.05) is 19.1 Å². The van der Waals surface area contributed by atoms with E-state index in [4.69, 9.17) is 37.4 Å². The lowest BCUT2D eigenvalue weighted by Gasteiger charge is -2.39. The third-order valence-corrected chi connectivity index (χ3v) is 5.53. The summed E-state index contributed by atoms with van der Waals surface area (Å²) in [5.74, 6) is 1.35. The standard InChI is InChI=1S/C21H25Cl2NO3/c1-14(2)24-10-11-26-20(13-24)21(15-8-9-16(22)17(23)12-15)27-19-7-5-4-6-18(19)25-3/h4-9,12,14,20-21H,10-11,13H2,1-3H3. The highest BCUT2D eigenvalue weighted by atomic mass is 35.5. The molecule has 6 heteroatoms. The second-order valence-electron chi connectivity index (χ2n) is 6.86. The van der Waals surface area contributed by atoms with Gasteiger partial charge in [-0.05, 0) is 43.7 Å². The van der Waals surface area contributed by atoms with Crippen LogP contribution in [-0.2, 0) is 4.74 Å². The lowest BCUT2D eigenvalue weighted by molar-refractivity contribution is -0.0888. The van der Waals surface area contributed by atoms with Gasteiger partial charge in [-0.25, -0.2) is 0 Å². The van der Waals surface area contributed by atoms with Gasteiger partial charge in [0.1, 0.15) is 6.10 Å². The maximum atomic E-state index is 6.41. The molecule has 27 heavy (non-hydrogen) atoms. The van der Waals surface area contributed by atoms with Gasteiger partial charge in [0.15, 0.2) is 17.6 Å². The van der Waals surface area contributed by atoms with Crippen molar-refractivity contribution in [3.05, 3.63) is 58.1 Å². The Balaban J connectivity index is 1.94. The zero-order chi connectivity index (χ0) is 19.4. The van der Waals surface area contributed by atoms with Gasteiger partial charge >= 0.3 is 0 Å². The molecule has 4 nitrogen and oxygen atoms in total. The van der Waals surface area contributed by atoms with E-state index in [0.717, 1.165) is 18.7 Å². The minimum Gasteiger partial charge on any atom is -0.493 e. The molecule has 0 saturated carbocycles. The first-order valence-electron chi connectivity index (χ1n) is 9.10. The van der Waals surface area contributed by atoms with Gasteiger partial charge in [-0.2, -0.15) is 0 Å². The van der Waals surface area contributed by atoms with E-state index in [1.807, 2.05) is 36.4 Å². The van der Waals surface area contributed by atoms with Crippen LogP contribution in [0.25, 0.3) is 0 Å². The highest BCUT2D eigenvalue weighted by Gasteiger charge is 2.32.